The third-order valence-electron chi connectivity index (χ3n) is 2.69. The van der Waals surface area contributed by atoms with Crippen LogP contribution in [0.15, 0.2) is 0 Å². The summed E-state index contributed by atoms with van der Waals surface area (Å²) in [6.07, 6.45) is 8.60. The van der Waals surface area contributed by atoms with E-state index in [0.29, 0.717) is 12.5 Å². The molecule has 0 spiro atoms. The van der Waals surface area contributed by atoms with Crippen LogP contribution in [0.5, 0.6) is 0 Å². The molecule has 1 aliphatic carbocycles. The third-order valence-corrected chi connectivity index (χ3v) is 2.69. The van der Waals surface area contributed by atoms with Crippen LogP contribution < -0.4 is 0 Å². The second-order valence-electron chi connectivity index (χ2n) is 3.98. The lowest BCUT2D eigenvalue weighted by molar-refractivity contribution is -0.137. The Balaban J connectivity index is 1.82. The van der Waals surface area contributed by atoms with Gasteiger partial charge in [-0.1, -0.05) is 19.3 Å². The number of carbonyl (C=O) groups is 1. The minimum Gasteiger partial charge on any atom is -0.481 e. The number of carboxylic acids is 1. The fourth-order valence-corrected chi connectivity index (χ4v) is 1.86. The first-order valence-electron chi connectivity index (χ1n) is 5.62. The molecule has 0 aliphatic heterocycles. The second kappa shape index (κ2) is 6.82. The number of hydrogen-bond donors (Lipinski definition) is 1. The molecule has 0 aromatic heterocycles. The molecule has 3 nitrogen and oxygen atoms in total. The molecule has 0 amide bonds. The van der Waals surface area contributed by atoms with E-state index in [1.54, 1.807) is 0 Å². The van der Waals surface area contributed by atoms with Crippen LogP contribution in [0.25, 0.3) is 0 Å². The third kappa shape index (κ3) is 5.22. The summed E-state index contributed by atoms with van der Waals surface area (Å²) in [4.78, 5) is 10.2. The van der Waals surface area contributed by atoms with Crippen molar-refractivity contribution in [2.24, 2.45) is 0 Å². The van der Waals surface area contributed by atoms with E-state index in [-0.39, 0.29) is 0 Å². The molecule has 3 heteroatoms. The van der Waals surface area contributed by atoms with Crippen LogP contribution in [-0.4, -0.2) is 23.8 Å². The average molecular weight is 200 g/mol. The molecule has 0 aromatic rings. The lowest BCUT2D eigenvalue weighted by atomic mass is 10.2. The fourth-order valence-electron chi connectivity index (χ4n) is 1.86. The van der Waals surface area contributed by atoms with Crippen LogP contribution in [-0.2, 0) is 9.53 Å². The summed E-state index contributed by atoms with van der Waals surface area (Å²) in [5.74, 6) is -0.693. The zero-order chi connectivity index (χ0) is 10.2. The van der Waals surface area contributed by atoms with Crippen LogP contribution in [0.3, 0.4) is 0 Å². The maximum Gasteiger partial charge on any atom is 0.303 e. The first-order chi connectivity index (χ1) is 6.79. The summed E-state index contributed by atoms with van der Waals surface area (Å²) >= 11 is 0. The normalized spacial score (nSPS) is 17.4. The number of unbranched alkanes of at least 4 members (excludes halogenated alkanes) is 2. The van der Waals surface area contributed by atoms with Crippen molar-refractivity contribution in [2.75, 3.05) is 6.61 Å². The van der Waals surface area contributed by atoms with Crippen molar-refractivity contribution < 1.29 is 14.6 Å². The Kier molecular flexibility index (Phi) is 5.60. The summed E-state index contributed by atoms with van der Waals surface area (Å²) in [6.45, 7) is 0.810. The van der Waals surface area contributed by atoms with Crippen molar-refractivity contribution in [3.05, 3.63) is 0 Å². The highest BCUT2D eigenvalue weighted by atomic mass is 16.5. The van der Waals surface area contributed by atoms with E-state index in [1.165, 1.54) is 25.7 Å². The van der Waals surface area contributed by atoms with E-state index >= 15 is 0 Å². The van der Waals surface area contributed by atoms with Crippen molar-refractivity contribution >= 4 is 5.97 Å². The first-order valence-corrected chi connectivity index (χ1v) is 5.62. The second-order valence-corrected chi connectivity index (χ2v) is 3.98. The van der Waals surface area contributed by atoms with Crippen LogP contribution in [0.2, 0.25) is 0 Å². The zero-order valence-corrected chi connectivity index (χ0v) is 8.71. The molecule has 14 heavy (non-hydrogen) atoms. The summed E-state index contributed by atoms with van der Waals surface area (Å²) in [5, 5.41) is 8.41. The Morgan fingerprint density at radius 3 is 2.57 bits per heavy atom. The van der Waals surface area contributed by atoms with Crippen LogP contribution in [0, 0.1) is 0 Å². The molecule has 0 aromatic carbocycles. The van der Waals surface area contributed by atoms with Gasteiger partial charge in [-0.15, -0.1) is 0 Å². The van der Waals surface area contributed by atoms with Gasteiger partial charge in [0.25, 0.3) is 0 Å². The van der Waals surface area contributed by atoms with Gasteiger partial charge >= 0.3 is 5.97 Å². The summed E-state index contributed by atoms with van der Waals surface area (Å²) in [5.41, 5.74) is 0. The van der Waals surface area contributed by atoms with Gasteiger partial charge in [-0.25, -0.2) is 0 Å². The maximum absolute atomic E-state index is 10.2. The zero-order valence-electron chi connectivity index (χ0n) is 8.71. The van der Waals surface area contributed by atoms with Crippen molar-refractivity contribution in [1.82, 2.24) is 0 Å². The van der Waals surface area contributed by atoms with Crippen LogP contribution in [0.1, 0.15) is 51.4 Å². The molecule has 0 bridgehead atoms. The van der Waals surface area contributed by atoms with E-state index in [2.05, 4.69) is 0 Å². The molecule has 1 rings (SSSR count). The minimum absolute atomic E-state index is 0.295. The largest absolute Gasteiger partial charge is 0.481 e. The Morgan fingerprint density at radius 1 is 1.21 bits per heavy atom. The van der Waals surface area contributed by atoms with Gasteiger partial charge in [-0.2, -0.15) is 0 Å². The molecule has 0 radical (unpaired) electrons. The Bertz CT molecular complexity index is 162. The Hall–Kier alpha value is -0.570. The molecule has 1 aliphatic rings. The molecule has 82 valence electrons. The topological polar surface area (TPSA) is 46.5 Å². The van der Waals surface area contributed by atoms with Crippen LogP contribution >= 0.6 is 0 Å². The predicted octanol–water partition coefficient (Wildman–Crippen LogP) is 2.59. The monoisotopic (exact) mass is 200 g/mol. The van der Waals surface area contributed by atoms with Gasteiger partial charge in [-0.3, -0.25) is 4.79 Å². The predicted molar refractivity (Wildman–Crippen MR) is 54.3 cm³/mol. The first kappa shape index (κ1) is 11.5. The molecule has 1 N–H and O–H groups in total. The van der Waals surface area contributed by atoms with Gasteiger partial charge in [0, 0.05) is 13.0 Å². The molecular formula is C11H20O3. The van der Waals surface area contributed by atoms with Gasteiger partial charge in [-0.05, 0) is 25.7 Å². The molecule has 1 saturated carbocycles. The lowest BCUT2D eigenvalue weighted by Gasteiger charge is -2.10. The molecule has 0 unspecified atom stereocenters. The molecule has 0 heterocycles. The summed E-state index contributed by atoms with van der Waals surface area (Å²) in [6, 6.07) is 0. The van der Waals surface area contributed by atoms with Crippen molar-refractivity contribution in [1.29, 1.82) is 0 Å². The average Bonchev–Trinajstić information content (AvgIpc) is 2.63. The molecular weight excluding hydrogens is 180 g/mol. The van der Waals surface area contributed by atoms with Gasteiger partial charge in [0.2, 0.25) is 0 Å². The number of ether oxygens (including phenoxy) is 1. The van der Waals surface area contributed by atoms with E-state index < -0.39 is 5.97 Å². The van der Waals surface area contributed by atoms with Gasteiger partial charge in [0.05, 0.1) is 6.10 Å². The van der Waals surface area contributed by atoms with E-state index in [0.717, 1.165) is 25.9 Å². The molecule has 1 fully saturated rings. The van der Waals surface area contributed by atoms with Crippen molar-refractivity contribution in [3.8, 4) is 0 Å². The smallest absolute Gasteiger partial charge is 0.303 e. The Labute approximate surface area is 85.5 Å². The SMILES string of the molecule is O=C(O)CCCCCOC1CCCC1. The lowest BCUT2D eigenvalue weighted by Crippen LogP contribution is -2.08. The van der Waals surface area contributed by atoms with E-state index in [1.807, 2.05) is 0 Å². The van der Waals surface area contributed by atoms with Gasteiger partial charge in [0.1, 0.15) is 0 Å². The highest BCUT2D eigenvalue weighted by Gasteiger charge is 2.14. The van der Waals surface area contributed by atoms with Gasteiger partial charge in [0.15, 0.2) is 0 Å². The summed E-state index contributed by atoms with van der Waals surface area (Å²) < 4.78 is 5.66. The van der Waals surface area contributed by atoms with E-state index in [9.17, 15) is 4.79 Å². The summed E-state index contributed by atoms with van der Waals surface area (Å²) in [7, 11) is 0. The Morgan fingerprint density at radius 2 is 1.93 bits per heavy atom. The van der Waals surface area contributed by atoms with Crippen molar-refractivity contribution in [3.63, 3.8) is 0 Å². The molecule has 0 atom stereocenters. The maximum atomic E-state index is 10.2. The number of hydrogen-bond acceptors (Lipinski definition) is 2. The molecule has 0 saturated heterocycles. The quantitative estimate of drug-likeness (QED) is 0.642. The highest BCUT2D eigenvalue weighted by molar-refractivity contribution is 5.66. The standard InChI is InChI=1S/C11H20O3/c12-11(13)8-2-1-5-9-14-10-6-3-4-7-10/h10H,1-9H2,(H,12,13). The number of aliphatic carboxylic acids is 1. The van der Waals surface area contributed by atoms with Crippen LogP contribution in [0.4, 0.5) is 0 Å². The van der Waals surface area contributed by atoms with Gasteiger partial charge < -0.3 is 9.84 Å². The highest BCUT2D eigenvalue weighted by Crippen LogP contribution is 2.21. The minimum atomic E-state index is -0.693. The number of carboxylic acid groups (broad SMARTS) is 1. The fraction of sp³-hybridized carbons (Fsp3) is 0.909. The van der Waals surface area contributed by atoms with Crippen molar-refractivity contribution in [2.45, 2.75) is 57.5 Å². The number of rotatable bonds is 7. The van der Waals surface area contributed by atoms with E-state index in [4.69, 9.17) is 9.84 Å².